The molecule has 0 aliphatic heterocycles. The van der Waals surface area contributed by atoms with Crippen LogP contribution in [-0.4, -0.2) is 0 Å². The van der Waals surface area contributed by atoms with Gasteiger partial charge in [-0.2, -0.15) is 0 Å². The molecule has 0 nitrogen and oxygen atoms in total. The average molecular weight is 1200 g/mol. The minimum absolute atomic E-state index is 0.340. The quantitative estimate of drug-likeness (QED) is 0.133. The van der Waals surface area contributed by atoms with Gasteiger partial charge < -0.3 is 0 Å². The number of halogens is 8. The van der Waals surface area contributed by atoms with Gasteiger partial charge in [-0.25, -0.2) is 35.1 Å². The lowest BCUT2D eigenvalue weighted by atomic mass is 9.79. The van der Waals surface area contributed by atoms with E-state index in [1.54, 1.807) is 76.2 Å². The molecule has 4 fully saturated rings. The topological polar surface area (TPSA) is 0 Å². The van der Waals surface area contributed by atoms with Gasteiger partial charge in [-0.1, -0.05) is 225 Å². The second-order valence-electron chi connectivity index (χ2n) is 26.5. The summed E-state index contributed by atoms with van der Waals surface area (Å²) in [7, 11) is 0. The van der Waals surface area contributed by atoms with E-state index < -0.39 is 46.5 Å². The van der Waals surface area contributed by atoms with E-state index >= 15 is 0 Å². The summed E-state index contributed by atoms with van der Waals surface area (Å²) >= 11 is 0. The third kappa shape index (κ3) is 16.1. The highest BCUT2D eigenvalue weighted by Gasteiger charge is 2.25. The van der Waals surface area contributed by atoms with Crippen molar-refractivity contribution in [3.63, 3.8) is 0 Å². The van der Waals surface area contributed by atoms with Crippen LogP contribution in [0, 0.1) is 97.9 Å². The van der Waals surface area contributed by atoms with Crippen LogP contribution in [0.1, 0.15) is 199 Å². The number of hydrogen-bond donors (Lipinski definition) is 0. The summed E-state index contributed by atoms with van der Waals surface area (Å²) in [6.45, 7) is 15.6. The van der Waals surface area contributed by atoms with Crippen molar-refractivity contribution in [1.82, 2.24) is 0 Å². The van der Waals surface area contributed by atoms with Gasteiger partial charge in [0.1, 0.15) is 0 Å². The van der Waals surface area contributed by atoms with Gasteiger partial charge in [-0.3, -0.25) is 0 Å². The number of hydrogen-bond acceptors (Lipinski definition) is 0. The van der Waals surface area contributed by atoms with Crippen molar-refractivity contribution in [1.29, 1.82) is 0 Å². The fourth-order valence-corrected chi connectivity index (χ4v) is 13.6. The van der Waals surface area contributed by atoms with Gasteiger partial charge in [0.15, 0.2) is 46.5 Å². The minimum atomic E-state index is -0.751. The maximum atomic E-state index is 14.1. The Balaban J connectivity index is 0.000000140. The van der Waals surface area contributed by atoms with Gasteiger partial charge in [0.25, 0.3) is 0 Å². The molecule has 4 aliphatic rings. The summed E-state index contributed by atoms with van der Waals surface area (Å²) in [4.78, 5) is 0. The molecule has 0 amide bonds. The number of aryl methyl sites for hydroxylation is 4. The second kappa shape index (κ2) is 30.1. The molecule has 464 valence electrons. The predicted molar refractivity (Wildman–Crippen MR) is 348 cm³/mol. The van der Waals surface area contributed by atoms with E-state index in [1.807, 2.05) is 48.5 Å². The lowest BCUT2D eigenvalue weighted by molar-refractivity contribution is 0.348. The third-order valence-corrected chi connectivity index (χ3v) is 19.9. The summed E-state index contributed by atoms with van der Waals surface area (Å²) < 4.78 is 111. The van der Waals surface area contributed by atoms with E-state index in [-0.39, 0.29) is 0 Å². The molecule has 88 heavy (non-hydrogen) atoms. The van der Waals surface area contributed by atoms with Gasteiger partial charge in [0.2, 0.25) is 0 Å². The van der Waals surface area contributed by atoms with Crippen molar-refractivity contribution in [3.8, 4) is 44.5 Å². The van der Waals surface area contributed by atoms with E-state index in [4.69, 9.17) is 0 Å². The molecule has 12 rings (SSSR count). The standard InChI is InChI=1S/4C20H22F2/c4*1-13-3-6-15(7-4-13)16-8-10-17(11-9-16)18-12-5-14(2)19(21)20(18)22/h4*5,8-13,15H,3-4,6-7H2,1-2H3. The Morgan fingerprint density at radius 2 is 0.364 bits per heavy atom. The normalized spacial score (nSPS) is 21.8. The Morgan fingerprint density at radius 1 is 0.205 bits per heavy atom. The van der Waals surface area contributed by atoms with Crippen molar-refractivity contribution >= 4 is 0 Å². The molecule has 8 aromatic carbocycles. The van der Waals surface area contributed by atoms with E-state index in [1.165, 1.54) is 125 Å². The van der Waals surface area contributed by atoms with Crippen LogP contribution in [0.5, 0.6) is 0 Å². The number of rotatable bonds is 8. The summed E-state index contributed by atoms with van der Waals surface area (Å²) in [5.41, 5.74) is 11.0. The summed E-state index contributed by atoms with van der Waals surface area (Å²) in [5, 5.41) is 0. The van der Waals surface area contributed by atoms with Crippen molar-refractivity contribution in [2.75, 3.05) is 0 Å². The van der Waals surface area contributed by atoms with Crippen LogP contribution < -0.4 is 0 Å². The summed E-state index contributed by atoms with van der Waals surface area (Å²) in [6.07, 6.45) is 20.1. The monoisotopic (exact) mass is 1200 g/mol. The van der Waals surface area contributed by atoms with Gasteiger partial charge in [-0.05, 0) is 193 Å². The van der Waals surface area contributed by atoms with Crippen LogP contribution in [0.15, 0.2) is 146 Å². The molecule has 0 radical (unpaired) electrons. The molecule has 0 bridgehead atoms. The first-order chi connectivity index (χ1) is 42.2. The molecule has 4 saturated carbocycles. The van der Waals surface area contributed by atoms with Gasteiger partial charge in [0, 0.05) is 22.3 Å². The Morgan fingerprint density at radius 3 is 0.523 bits per heavy atom. The average Bonchev–Trinajstić information content (AvgIpc) is 2.99. The Bertz CT molecular complexity index is 3080. The zero-order valence-corrected chi connectivity index (χ0v) is 52.8. The molecule has 4 aliphatic carbocycles. The molecule has 8 heteroatoms. The Hall–Kier alpha value is -6.80. The zero-order chi connectivity index (χ0) is 62.8. The van der Waals surface area contributed by atoms with Crippen LogP contribution in [0.3, 0.4) is 0 Å². The first-order valence-corrected chi connectivity index (χ1v) is 32.4. The fourth-order valence-electron chi connectivity index (χ4n) is 13.6. The van der Waals surface area contributed by atoms with Crippen LogP contribution in [0.4, 0.5) is 35.1 Å². The highest BCUT2D eigenvalue weighted by molar-refractivity contribution is 5.68. The largest absolute Gasteiger partial charge is 0.203 e. The molecule has 0 heterocycles. The van der Waals surface area contributed by atoms with Crippen LogP contribution in [0.2, 0.25) is 0 Å². The van der Waals surface area contributed by atoms with Gasteiger partial charge >= 0.3 is 0 Å². The molecule has 0 aromatic heterocycles. The molecule has 8 aromatic rings. The summed E-state index contributed by atoms with van der Waals surface area (Å²) in [5.74, 6) is -0.196. The smallest absolute Gasteiger partial charge is 0.166 e. The lowest BCUT2D eigenvalue weighted by Crippen LogP contribution is -2.10. The first-order valence-electron chi connectivity index (χ1n) is 32.4. The molecule has 0 N–H and O–H groups in total. The van der Waals surface area contributed by atoms with Crippen molar-refractivity contribution in [2.45, 2.75) is 182 Å². The fraction of sp³-hybridized carbons (Fsp3) is 0.400. The zero-order valence-electron chi connectivity index (χ0n) is 52.8. The predicted octanol–water partition coefficient (Wildman–Crippen LogP) is 24.9. The first kappa shape index (κ1) is 65.6. The molecular weight excluding hydrogens is 1110 g/mol. The van der Waals surface area contributed by atoms with Gasteiger partial charge in [-0.15, -0.1) is 0 Å². The summed E-state index contributed by atoms with van der Waals surface area (Å²) in [6, 6.07) is 45.1. The van der Waals surface area contributed by atoms with Crippen molar-refractivity contribution in [2.24, 2.45) is 23.7 Å². The Labute approximate surface area is 519 Å². The van der Waals surface area contributed by atoms with Crippen LogP contribution in [-0.2, 0) is 0 Å². The molecule has 0 saturated heterocycles. The van der Waals surface area contributed by atoms with E-state index in [9.17, 15) is 35.1 Å². The second-order valence-corrected chi connectivity index (χ2v) is 26.5. The maximum absolute atomic E-state index is 14.1. The molecule has 0 spiro atoms. The SMILES string of the molecule is Cc1ccc(-c2ccc(C3CCC(C)CC3)cc2)c(F)c1F.Cc1ccc(-c2ccc(C3CCC(C)CC3)cc2)c(F)c1F.Cc1ccc(-c2ccc(C3CCC(C)CC3)cc2)c(F)c1F.Cc1ccc(-c2ccc(C3CCC(C)CC3)cc2)c(F)c1F. The van der Waals surface area contributed by atoms with Crippen LogP contribution >= 0.6 is 0 Å². The van der Waals surface area contributed by atoms with E-state index in [2.05, 4.69) is 76.2 Å². The Kier molecular flexibility index (Phi) is 22.5. The molecular formula is C80H88F8. The number of benzene rings is 8. The highest BCUT2D eigenvalue weighted by atomic mass is 19.2. The van der Waals surface area contributed by atoms with Crippen LogP contribution in [0.25, 0.3) is 44.5 Å². The maximum Gasteiger partial charge on any atom is 0.166 e. The minimum Gasteiger partial charge on any atom is -0.203 e. The lowest BCUT2D eigenvalue weighted by Gasteiger charge is -2.26. The molecule has 0 atom stereocenters. The van der Waals surface area contributed by atoms with E-state index in [0.717, 1.165) is 45.9 Å². The van der Waals surface area contributed by atoms with E-state index in [0.29, 0.717) is 68.2 Å². The highest BCUT2D eigenvalue weighted by Crippen LogP contribution is 2.41. The third-order valence-electron chi connectivity index (χ3n) is 19.9. The molecule has 0 unspecified atom stereocenters. The van der Waals surface area contributed by atoms with Crippen molar-refractivity contribution in [3.05, 3.63) is 237 Å². The van der Waals surface area contributed by atoms with Crippen molar-refractivity contribution < 1.29 is 35.1 Å². The van der Waals surface area contributed by atoms with Gasteiger partial charge in [0.05, 0.1) is 0 Å².